The fraction of sp³-hybridized carbons (Fsp3) is 0.167. The lowest BCUT2D eigenvalue weighted by Crippen LogP contribution is -2.10. The molecule has 0 N–H and O–H groups in total. The van der Waals surface area contributed by atoms with Crippen molar-refractivity contribution in [3.63, 3.8) is 0 Å². The highest BCUT2D eigenvalue weighted by Gasteiger charge is 2.36. The Labute approximate surface area is 98.4 Å². The Balaban J connectivity index is 3.49. The fourth-order valence-corrected chi connectivity index (χ4v) is 1.66. The summed E-state index contributed by atoms with van der Waals surface area (Å²) in [6.07, 6.45) is -4.62. The van der Waals surface area contributed by atoms with Crippen LogP contribution in [0.5, 0.6) is 0 Å². The maximum Gasteiger partial charge on any atom is 0.434 e. The number of nitrogens with zero attached hydrogens (tertiary/aromatic N) is 1. The molecular weight excluding hydrogens is 278 g/mol. The third-order valence-electron chi connectivity index (χ3n) is 1.32. The molecule has 0 aromatic carbocycles. The van der Waals surface area contributed by atoms with Gasteiger partial charge in [-0.3, -0.25) is 0 Å². The minimum absolute atomic E-state index is 0.137. The summed E-state index contributed by atoms with van der Waals surface area (Å²) >= 11 is 18.3. The molecule has 78 valence electrons. The zero-order valence-electron chi connectivity index (χ0n) is 6.23. The first-order valence-electron chi connectivity index (χ1n) is 3.09. The molecule has 14 heavy (non-hydrogen) atoms. The Morgan fingerprint density at radius 3 is 2.00 bits per heavy atom. The van der Waals surface area contributed by atoms with E-state index in [-0.39, 0.29) is 9.92 Å². The molecule has 0 saturated carbocycles. The van der Waals surface area contributed by atoms with Crippen LogP contribution in [0.2, 0.25) is 10.2 Å². The predicted octanol–water partition coefficient (Wildman–Crippen LogP) is 3.98. The summed E-state index contributed by atoms with van der Waals surface area (Å²) in [4.78, 5) is 2.52. The van der Waals surface area contributed by atoms with Crippen molar-refractivity contribution in [1.82, 2.24) is 4.98 Å². The molecule has 1 rings (SSSR count). The van der Waals surface area contributed by atoms with Crippen molar-refractivity contribution in [2.75, 3.05) is 0 Å². The highest BCUT2D eigenvalue weighted by Crippen LogP contribution is 2.40. The third kappa shape index (κ3) is 2.24. The van der Waals surface area contributed by atoms with E-state index in [1.165, 1.54) is 0 Å². The summed E-state index contributed by atoms with van der Waals surface area (Å²) in [7, 11) is 0. The van der Waals surface area contributed by atoms with Gasteiger partial charge in [-0.15, -0.1) is 25.3 Å². The van der Waals surface area contributed by atoms with Gasteiger partial charge in [-0.1, -0.05) is 23.2 Å². The van der Waals surface area contributed by atoms with Crippen molar-refractivity contribution >= 4 is 48.5 Å². The van der Waals surface area contributed by atoms with E-state index < -0.39 is 21.9 Å². The van der Waals surface area contributed by atoms with E-state index in [4.69, 9.17) is 23.2 Å². The molecule has 0 aliphatic heterocycles. The molecule has 1 heterocycles. The van der Waals surface area contributed by atoms with Crippen LogP contribution >= 0.6 is 48.5 Å². The SMILES string of the molecule is FC(F)(F)c1nc(Cl)c(Cl)c(S)c1S. The number of aromatic nitrogens is 1. The fourth-order valence-electron chi connectivity index (χ4n) is 0.712. The Kier molecular flexibility index (Phi) is 3.51. The van der Waals surface area contributed by atoms with Gasteiger partial charge in [0.1, 0.15) is 5.15 Å². The van der Waals surface area contributed by atoms with E-state index in [2.05, 4.69) is 30.2 Å². The van der Waals surface area contributed by atoms with Crippen LogP contribution in [-0.4, -0.2) is 4.98 Å². The summed E-state index contributed by atoms with van der Waals surface area (Å²) in [6, 6.07) is 0. The van der Waals surface area contributed by atoms with Crippen LogP contribution < -0.4 is 0 Å². The average molecular weight is 280 g/mol. The summed E-state index contributed by atoms with van der Waals surface area (Å²) in [5, 5.41) is -0.588. The number of hydrogen-bond donors (Lipinski definition) is 2. The second kappa shape index (κ2) is 4.00. The third-order valence-corrected chi connectivity index (χ3v) is 3.25. The molecule has 0 aliphatic rings. The quantitative estimate of drug-likeness (QED) is 0.541. The molecule has 0 amide bonds. The van der Waals surface area contributed by atoms with Gasteiger partial charge in [0.15, 0.2) is 5.69 Å². The molecule has 0 atom stereocenters. The maximum atomic E-state index is 12.3. The van der Waals surface area contributed by atoms with Crippen LogP contribution in [0.25, 0.3) is 0 Å². The van der Waals surface area contributed by atoms with Gasteiger partial charge in [0.2, 0.25) is 0 Å². The van der Waals surface area contributed by atoms with Gasteiger partial charge in [0, 0.05) is 4.90 Å². The van der Waals surface area contributed by atoms with E-state index in [0.717, 1.165) is 0 Å². The Morgan fingerprint density at radius 2 is 1.57 bits per heavy atom. The molecule has 1 nitrogen and oxygen atoms in total. The van der Waals surface area contributed by atoms with E-state index >= 15 is 0 Å². The first-order valence-corrected chi connectivity index (χ1v) is 4.74. The van der Waals surface area contributed by atoms with Crippen LogP contribution in [0.3, 0.4) is 0 Å². The zero-order valence-corrected chi connectivity index (χ0v) is 9.53. The summed E-state index contributed by atoms with van der Waals surface area (Å²) < 4.78 is 36.9. The Bertz CT molecular complexity index is 380. The van der Waals surface area contributed by atoms with E-state index in [1.807, 2.05) is 0 Å². The standard InChI is InChI=1S/C6H2Cl2F3NS2/c7-1-2(13)3(14)4(6(9,10)11)12-5(1)8/h14H,(H,12,13). The van der Waals surface area contributed by atoms with Gasteiger partial charge in [0.25, 0.3) is 0 Å². The minimum atomic E-state index is -4.62. The van der Waals surface area contributed by atoms with E-state index in [9.17, 15) is 13.2 Å². The molecule has 0 unspecified atom stereocenters. The normalized spacial score (nSPS) is 11.9. The average Bonchev–Trinajstić information content (AvgIpc) is 2.06. The molecular formula is C6H2Cl2F3NS2. The van der Waals surface area contributed by atoms with Crippen molar-refractivity contribution in [1.29, 1.82) is 0 Å². The summed E-state index contributed by atoms with van der Waals surface area (Å²) in [5.41, 5.74) is -1.19. The van der Waals surface area contributed by atoms with Crippen LogP contribution in [-0.2, 0) is 6.18 Å². The van der Waals surface area contributed by atoms with E-state index in [0.29, 0.717) is 0 Å². The first-order chi connectivity index (χ1) is 6.25. The Hall–Kier alpha value is 0.220. The van der Waals surface area contributed by atoms with Gasteiger partial charge in [-0.25, -0.2) is 4.98 Å². The largest absolute Gasteiger partial charge is 0.434 e. The minimum Gasteiger partial charge on any atom is -0.229 e. The molecule has 0 spiro atoms. The molecule has 0 fully saturated rings. The van der Waals surface area contributed by atoms with Gasteiger partial charge < -0.3 is 0 Å². The molecule has 0 radical (unpaired) electrons. The van der Waals surface area contributed by atoms with Crippen molar-refractivity contribution in [3.05, 3.63) is 15.9 Å². The Morgan fingerprint density at radius 1 is 1.07 bits per heavy atom. The monoisotopic (exact) mass is 279 g/mol. The topological polar surface area (TPSA) is 12.9 Å². The molecule has 1 aromatic heterocycles. The van der Waals surface area contributed by atoms with Gasteiger partial charge in [-0.2, -0.15) is 13.2 Å². The lowest BCUT2D eigenvalue weighted by Gasteiger charge is -2.11. The highest BCUT2D eigenvalue weighted by atomic mass is 35.5. The number of halogens is 5. The highest BCUT2D eigenvalue weighted by molar-refractivity contribution is 7.83. The lowest BCUT2D eigenvalue weighted by molar-refractivity contribution is -0.143. The van der Waals surface area contributed by atoms with Crippen LogP contribution in [0.15, 0.2) is 9.79 Å². The molecule has 0 aliphatic carbocycles. The molecule has 1 aromatic rings. The lowest BCUT2D eigenvalue weighted by atomic mass is 10.3. The van der Waals surface area contributed by atoms with Gasteiger partial charge >= 0.3 is 6.18 Å². The smallest absolute Gasteiger partial charge is 0.229 e. The van der Waals surface area contributed by atoms with Crippen molar-refractivity contribution in [2.24, 2.45) is 0 Å². The first kappa shape index (κ1) is 12.3. The molecule has 8 heteroatoms. The van der Waals surface area contributed by atoms with Crippen LogP contribution in [0.4, 0.5) is 13.2 Å². The predicted molar refractivity (Wildman–Crippen MR) is 53.8 cm³/mol. The van der Waals surface area contributed by atoms with Gasteiger partial charge in [-0.05, 0) is 0 Å². The second-order valence-corrected chi connectivity index (χ2v) is 3.89. The van der Waals surface area contributed by atoms with Gasteiger partial charge in [0.05, 0.1) is 9.92 Å². The zero-order chi connectivity index (χ0) is 11.1. The maximum absolute atomic E-state index is 12.3. The number of hydrogen-bond acceptors (Lipinski definition) is 3. The van der Waals surface area contributed by atoms with Crippen LogP contribution in [0, 0.1) is 0 Å². The van der Waals surface area contributed by atoms with Crippen molar-refractivity contribution < 1.29 is 13.2 Å². The summed E-state index contributed by atoms with van der Waals surface area (Å²) in [5.74, 6) is 0. The number of thiol groups is 2. The number of pyridine rings is 1. The van der Waals surface area contributed by atoms with Crippen molar-refractivity contribution in [2.45, 2.75) is 16.0 Å². The molecule has 0 saturated heterocycles. The second-order valence-electron chi connectivity index (χ2n) is 2.26. The number of rotatable bonds is 0. The van der Waals surface area contributed by atoms with Crippen molar-refractivity contribution in [3.8, 4) is 0 Å². The van der Waals surface area contributed by atoms with E-state index in [1.54, 1.807) is 0 Å². The summed E-state index contributed by atoms with van der Waals surface area (Å²) in [6.45, 7) is 0. The van der Waals surface area contributed by atoms with Crippen LogP contribution in [0.1, 0.15) is 5.69 Å². The molecule has 0 bridgehead atoms. The number of alkyl halides is 3.